The Morgan fingerprint density at radius 2 is 1.56 bits per heavy atom. The molecule has 32 heavy (non-hydrogen) atoms. The summed E-state index contributed by atoms with van der Waals surface area (Å²) >= 11 is 0. The molecule has 2 amide bonds. The van der Waals surface area contributed by atoms with Crippen LogP contribution in [0, 0.1) is 0 Å². The fourth-order valence-electron chi connectivity index (χ4n) is 4.03. The minimum absolute atomic E-state index is 0.0114. The number of hydrogen-bond donors (Lipinski definition) is 1. The molecule has 1 aliphatic rings. The molecule has 172 valence electrons. The molecule has 0 saturated heterocycles. The van der Waals surface area contributed by atoms with Gasteiger partial charge in [0.1, 0.15) is 6.04 Å². The lowest BCUT2D eigenvalue weighted by molar-refractivity contribution is -0.171. The van der Waals surface area contributed by atoms with Crippen LogP contribution in [-0.2, 0) is 9.59 Å². The molecule has 1 atom stereocenters. The van der Waals surface area contributed by atoms with E-state index in [4.69, 9.17) is 0 Å². The summed E-state index contributed by atoms with van der Waals surface area (Å²) in [5.74, 6) is -2.55. The fourth-order valence-corrected chi connectivity index (χ4v) is 4.03. The quantitative estimate of drug-likeness (QED) is 0.655. The van der Waals surface area contributed by atoms with E-state index in [-0.39, 0.29) is 23.2 Å². The molecule has 5 nitrogen and oxygen atoms in total. The van der Waals surface area contributed by atoms with E-state index >= 15 is 0 Å². The zero-order valence-corrected chi connectivity index (χ0v) is 18.2. The minimum atomic E-state index is -5.15. The fraction of sp³-hybridized carbons (Fsp3) is 0.458. The summed E-state index contributed by atoms with van der Waals surface area (Å²) in [6, 6.07) is 7.61. The lowest BCUT2D eigenvalue weighted by Crippen LogP contribution is -2.50. The van der Waals surface area contributed by atoms with Crippen LogP contribution in [0.3, 0.4) is 0 Å². The second-order valence-corrected chi connectivity index (χ2v) is 8.45. The summed E-state index contributed by atoms with van der Waals surface area (Å²) in [5, 5.41) is 2.88. The minimum Gasteiger partial charge on any atom is -0.351 e. The molecule has 1 aliphatic carbocycles. The maximum absolute atomic E-state index is 13.7. The predicted octanol–water partition coefficient (Wildman–Crippen LogP) is 5.29. The lowest BCUT2D eigenvalue weighted by Gasteiger charge is -2.33. The highest BCUT2D eigenvalue weighted by Crippen LogP contribution is 2.34. The second-order valence-electron chi connectivity index (χ2n) is 8.45. The maximum Gasteiger partial charge on any atom is 0.471 e. The monoisotopic (exact) mass is 447 g/mol. The van der Waals surface area contributed by atoms with Gasteiger partial charge in [0.2, 0.25) is 5.91 Å². The molecular weight excluding hydrogens is 419 g/mol. The van der Waals surface area contributed by atoms with Gasteiger partial charge in [0.05, 0.1) is 0 Å². The van der Waals surface area contributed by atoms with Gasteiger partial charge in [-0.3, -0.25) is 19.5 Å². The molecule has 1 aromatic carbocycles. The van der Waals surface area contributed by atoms with Gasteiger partial charge in [-0.2, -0.15) is 13.2 Å². The van der Waals surface area contributed by atoms with Gasteiger partial charge in [0, 0.05) is 24.1 Å². The average Bonchev–Trinajstić information content (AvgIpc) is 2.77. The van der Waals surface area contributed by atoms with E-state index in [0.717, 1.165) is 37.7 Å². The van der Waals surface area contributed by atoms with Crippen molar-refractivity contribution < 1.29 is 22.8 Å². The largest absolute Gasteiger partial charge is 0.471 e. The SMILES string of the molecule is CC(C)c1ccc(N(C(=O)C(F)(F)F)[C@H](C(=O)NC2CCCCC2)c2ccncc2)cc1. The van der Waals surface area contributed by atoms with Gasteiger partial charge >= 0.3 is 12.1 Å². The highest BCUT2D eigenvalue weighted by atomic mass is 19.4. The number of carbonyl (C=O) groups excluding carboxylic acids is 2. The van der Waals surface area contributed by atoms with Gasteiger partial charge in [-0.25, -0.2) is 0 Å². The molecule has 1 N–H and O–H groups in total. The van der Waals surface area contributed by atoms with Crippen molar-refractivity contribution in [3.8, 4) is 0 Å². The van der Waals surface area contributed by atoms with Gasteiger partial charge in [-0.1, -0.05) is 45.2 Å². The average molecular weight is 448 g/mol. The van der Waals surface area contributed by atoms with Crippen molar-refractivity contribution >= 4 is 17.5 Å². The molecular formula is C24H28F3N3O2. The van der Waals surface area contributed by atoms with E-state index in [2.05, 4.69) is 10.3 Å². The molecule has 0 spiro atoms. The summed E-state index contributed by atoms with van der Waals surface area (Å²) in [6.45, 7) is 3.93. The number of alkyl halides is 3. The van der Waals surface area contributed by atoms with E-state index in [1.165, 1.54) is 36.7 Å². The highest BCUT2D eigenvalue weighted by Gasteiger charge is 2.47. The number of nitrogens with one attached hydrogen (secondary N) is 1. The Morgan fingerprint density at radius 3 is 2.09 bits per heavy atom. The number of carbonyl (C=O) groups is 2. The smallest absolute Gasteiger partial charge is 0.351 e. The number of aromatic nitrogens is 1. The molecule has 8 heteroatoms. The van der Waals surface area contributed by atoms with Crippen molar-refractivity contribution in [2.75, 3.05) is 4.90 Å². The van der Waals surface area contributed by atoms with Gasteiger partial charge in [0.25, 0.3) is 0 Å². The summed E-state index contributed by atoms with van der Waals surface area (Å²) in [7, 11) is 0. The van der Waals surface area contributed by atoms with Crippen LogP contribution in [0.4, 0.5) is 18.9 Å². The number of pyridine rings is 1. The van der Waals surface area contributed by atoms with Crippen LogP contribution in [0.15, 0.2) is 48.8 Å². The zero-order valence-electron chi connectivity index (χ0n) is 18.2. The van der Waals surface area contributed by atoms with Gasteiger partial charge in [0.15, 0.2) is 0 Å². The first-order valence-electron chi connectivity index (χ1n) is 10.9. The Kier molecular flexibility index (Phi) is 7.53. The van der Waals surface area contributed by atoms with Crippen molar-refractivity contribution in [2.24, 2.45) is 0 Å². The number of benzene rings is 1. The van der Waals surface area contributed by atoms with E-state index in [9.17, 15) is 22.8 Å². The van der Waals surface area contributed by atoms with Gasteiger partial charge in [-0.15, -0.1) is 0 Å². The third-order valence-electron chi connectivity index (χ3n) is 5.78. The van der Waals surface area contributed by atoms with Gasteiger partial charge < -0.3 is 5.32 Å². The third-order valence-corrected chi connectivity index (χ3v) is 5.78. The van der Waals surface area contributed by atoms with Crippen LogP contribution in [0.2, 0.25) is 0 Å². The number of nitrogens with zero attached hydrogens (tertiary/aromatic N) is 2. The van der Waals surface area contributed by atoms with Crippen molar-refractivity contribution in [1.82, 2.24) is 10.3 Å². The van der Waals surface area contributed by atoms with Crippen LogP contribution in [0.25, 0.3) is 0 Å². The number of halogens is 3. The van der Waals surface area contributed by atoms with Crippen LogP contribution < -0.4 is 10.2 Å². The summed E-state index contributed by atoms with van der Waals surface area (Å²) in [6.07, 6.45) is 2.16. The van der Waals surface area contributed by atoms with Gasteiger partial charge in [-0.05, 0) is 54.2 Å². The molecule has 1 fully saturated rings. The summed E-state index contributed by atoms with van der Waals surface area (Å²) < 4.78 is 41.0. The summed E-state index contributed by atoms with van der Waals surface area (Å²) in [4.78, 5) is 30.4. The van der Waals surface area contributed by atoms with Crippen LogP contribution in [-0.4, -0.2) is 29.0 Å². The molecule has 1 aromatic heterocycles. The van der Waals surface area contributed by atoms with Crippen LogP contribution in [0.1, 0.15) is 69.0 Å². The molecule has 0 aliphatic heterocycles. The number of anilines is 1. The Labute approximate surface area is 186 Å². The lowest BCUT2D eigenvalue weighted by atomic mass is 9.94. The number of amides is 2. The first-order chi connectivity index (χ1) is 15.2. The van der Waals surface area contributed by atoms with Crippen molar-refractivity contribution in [2.45, 2.75) is 70.1 Å². The zero-order chi connectivity index (χ0) is 23.3. The molecule has 0 unspecified atom stereocenters. The van der Waals surface area contributed by atoms with Crippen LogP contribution >= 0.6 is 0 Å². The maximum atomic E-state index is 13.7. The van der Waals surface area contributed by atoms with E-state index in [0.29, 0.717) is 4.90 Å². The Hall–Kier alpha value is -2.90. The number of rotatable bonds is 6. The number of hydrogen-bond acceptors (Lipinski definition) is 3. The van der Waals surface area contributed by atoms with Crippen molar-refractivity contribution in [1.29, 1.82) is 0 Å². The standard InChI is InChI=1S/C24H28F3N3O2/c1-16(2)17-8-10-20(11-9-17)30(23(32)24(25,26)27)21(18-12-14-28-15-13-18)22(31)29-19-6-4-3-5-7-19/h8-16,19,21H,3-7H2,1-2H3,(H,29,31)/t21-/m0/s1. The van der Waals surface area contributed by atoms with E-state index < -0.39 is 24.0 Å². The Bertz CT molecular complexity index is 908. The Morgan fingerprint density at radius 1 is 0.969 bits per heavy atom. The molecule has 0 radical (unpaired) electrons. The van der Waals surface area contributed by atoms with Crippen molar-refractivity contribution in [3.05, 3.63) is 59.9 Å². The highest BCUT2D eigenvalue weighted by molar-refractivity contribution is 6.03. The first-order valence-corrected chi connectivity index (χ1v) is 10.9. The molecule has 2 aromatic rings. The second kappa shape index (κ2) is 10.1. The molecule has 1 saturated carbocycles. The normalized spacial score (nSPS) is 15.9. The first kappa shape index (κ1) is 23.8. The topological polar surface area (TPSA) is 62.3 Å². The summed E-state index contributed by atoms with van der Waals surface area (Å²) in [5.41, 5.74) is 1.19. The predicted molar refractivity (Wildman–Crippen MR) is 116 cm³/mol. The molecule has 3 rings (SSSR count). The molecule has 0 bridgehead atoms. The van der Waals surface area contributed by atoms with Crippen molar-refractivity contribution in [3.63, 3.8) is 0 Å². The van der Waals surface area contributed by atoms with E-state index in [1.54, 1.807) is 12.1 Å². The van der Waals surface area contributed by atoms with E-state index in [1.807, 2.05) is 13.8 Å². The van der Waals surface area contributed by atoms with Crippen LogP contribution in [0.5, 0.6) is 0 Å². The Balaban J connectivity index is 2.05. The molecule has 1 heterocycles. The third kappa shape index (κ3) is 5.66.